The number of halogens is 1. The van der Waals surface area contributed by atoms with Crippen LogP contribution in [0.5, 0.6) is 0 Å². The molecule has 0 radical (unpaired) electrons. The number of carbonyl (C=O) groups excluding carboxylic acids is 1. The van der Waals surface area contributed by atoms with E-state index in [2.05, 4.69) is 20.4 Å². The van der Waals surface area contributed by atoms with Crippen LogP contribution < -0.4 is 10.9 Å². The Morgan fingerprint density at radius 3 is 2.76 bits per heavy atom. The molecule has 0 unspecified atom stereocenters. The maximum atomic E-state index is 12.4. The quantitative estimate of drug-likeness (QED) is 0.475. The molecule has 0 fully saturated rings. The number of rotatable bonds is 5. The third-order valence-electron chi connectivity index (χ3n) is 4.23. The number of aromatic amines is 1. The van der Waals surface area contributed by atoms with Crippen molar-refractivity contribution in [1.29, 1.82) is 0 Å². The van der Waals surface area contributed by atoms with Crippen molar-refractivity contribution in [2.45, 2.75) is 12.1 Å². The third kappa shape index (κ3) is 4.18. The molecule has 4 rings (SSSR count). The number of aromatic nitrogens is 4. The maximum absolute atomic E-state index is 12.4. The molecular formula is C20H16ClN5O2S. The average Bonchev–Trinajstić information content (AvgIpc) is 3.10. The van der Waals surface area contributed by atoms with Gasteiger partial charge in [-0.15, -0.1) is 0 Å². The van der Waals surface area contributed by atoms with E-state index in [-0.39, 0.29) is 17.2 Å². The fourth-order valence-corrected chi connectivity index (χ4v) is 3.68. The van der Waals surface area contributed by atoms with Gasteiger partial charge in [-0.1, -0.05) is 59.8 Å². The zero-order chi connectivity index (χ0) is 20.4. The number of H-pyrrole nitrogens is 1. The molecule has 0 aliphatic heterocycles. The highest BCUT2D eigenvalue weighted by molar-refractivity contribution is 7.99. The minimum absolute atomic E-state index is 0.104. The minimum Gasteiger partial charge on any atom is -0.325 e. The van der Waals surface area contributed by atoms with Crippen molar-refractivity contribution >= 4 is 40.6 Å². The van der Waals surface area contributed by atoms with Crippen molar-refractivity contribution in [2.24, 2.45) is 0 Å². The van der Waals surface area contributed by atoms with E-state index >= 15 is 0 Å². The number of benzene rings is 2. The van der Waals surface area contributed by atoms with Gasteiger partial charge in [0.05, 0.1) is 5.75 Å². The summed E-state index contributed by atoms with van der Waals surface area (Å²) in [6.07, 6.45) is 0. The Hall–Kier alpha value is -3.10. The molecule has 7 nitrogen and oxygen atoms in total. The summed E-state index contributed by atoms with van der Waals surface area (Å²) in [6, 6.07) is 16.2. The molecule has 0 saturated carbocycles. The predicted octanol–water partition coefficient (Wildman–Crippen LogP) is 3.78. The van der Waals surface area contributed by atoms with Gasteiger partial charge < -0.3 is 5.32 Å². The van der Waals surface area contributed by atoms with Crippen LogP contribution in [0.25, 0.3) is 17.0 Å². The first kappa shape index (κ1) is 19.2. The number of carbonyl (C=O) groups is 1. The lowest BCUT2D eigenvalue weighted by atomic mass is 10.2. The van der Waals surface area contributed by atoms with Crippen molar-refractivity contribution in [1.82, 2.24) is 19.6 Å². The number of hydrogen-bond acceptors (Lipinski definition) is 5. The summed E-state index contributed by atoms with van der Waals surface area (Å²) < 4.78 is 1.48. The number of nitrogens with one attached hydrogen (secondary N) is 2. The third-order valence-corrected chi connectivity index (χ3v) is 5.58. The lowest BCUT2D eigenvalue weighted by Crippen LogP contribution is -2.16. The van der Waals surface area contributed by atoms with Gasteiger partial charge in [0.25, 0.3) is 5.56 Å². The van der Waals surface area contributed by atoms with Crippen molar-refractivity contribution < 1.29 is 4.79 Å². The van der Waals surface area contributed by atoms with Crippen LogP contribution in [0.2, 0.25) is 5.02 Å². The Bertz CT molecular complexity index is 1250. The Morgan fingerprint density at radius 2 is 1.97 bits per heavy atom. The van der Waals surface area contributed by atoms with Gasteiger partial charge in [0, 0.05) is 22.3 Å². The summed E-state index contributed by atoms with van der Waals surface area (Å²) in [6.45, 7) is 1.84. The second-order valence-corrected chi connectivity index (χ2v) is 7.61. The average molecular weight is 426 g/mol. The second-order valence-electron chi connectivity index (χ2n) is 6.26. The molecule has 0 aliphatic carbocycles. The molecule has 9 heteroatoms. The van der Waals surface area contributed by atoms with E-state index in [4.69, 9.17) is 11.6 Å². The molecule has 29 heavy (non-hydrogen) atoms. The Morgan fingerprint density at radius 1 is 1.17 bits per heavy atom. The molecule has 2 aromatic heterocycles. The van der Waals surface area contributed by atoms with E-state index in [1.165, 1.54) is 22.3 Å². The van der Waals surface area contributed by atoms with E-state index in [1.807, 2.05) is 37.3 Å². The summed E-state index contributed by atoms with van der Waals surface area (Å²) >= 11 is 7.31. The van der Waals surface area contributed by atoms with Crippen LogP contribution in [-0.2, 0) is 4.79 Å². The highest BCUT2D eigenvalue weighted by Gasteiger charge is 2.14. The number of anilines is 1. The highest BCUT2D eigenvalue weighted by atomic mass is 35.5. The van der Waals surface area contributed by atoms with Crippen LogP contribution in [0.15, 0.2) is 64.5 Å². The molecule has 0 bridgehead atoms. The molecule has 4 aromatic rings. The van der Waals surface area contributed by atoms with Gasteiger partial charge in [-0.25, -0.2) is 14.5 Å². The van der Waals surface area contributed by atoms with Gasteiger partial charge in [0.1, 0.15) is 0 Å². The molecule has 146 valence electrons. The molecule has 0 saturated heterocycles. The van der Waals surface area contributed by atoms with E-state index < -0.39 is 0 Å². The Labute approximate surface area is 175 Å². The first-order valence-corrected chi connectivity index (χ1v) is 10.1. The smallest absolute Gasteiger partial charge is 0.266 e. The van der Waals surface area contributed by atoms with E-state index in [1.54, 1.807) is 18.2 Å². The standard InChI is InChI=1S/C20H16ClN5O2S/c1-12-14(21)8-5-9-15(12)22-18(28)11-29-20-24-19(13-6-3-2-4-7-13)23-16-10-17(27)25-26(16)20/h2-10H,11H2,1H3,(H,22,28)(H,25,27). The molecule has 1 amide bonds. The van der Waals surface area contributed by atoms with E-state index in [0.717, 1.165) is 11.1 Å². The van der Waals surface area contributed by atoms with Gasteiger partial charge in [0.15, 0.2) is 16.6 Å². The summed E-state index contributed by atoms with van der Waals surface area (Å²) in [5.41, 5.74) is 2.45. The van der Waals surface area contributed by atoms with E-state index in [9.17, 15) is 9.59 Å². The monoisotopic (exact) mass is 425 g/mol. The van der Waals surface area contributed by atoms with Crippen molar-refractivity contribution in [2.75, 3.05) is 11.1 Å². The first-order chi connectivity index (χ1) is 14.0. The van der Waals surface area contributed by atoms with Crippen LogP contribution in [0.3, 0.4) is 0 Å². The van der Waals surface area contributed by atoms with Crippen molar-refractivity contribution in [3.05, 3.63) is 75.5 Å². The largest absolute Gasteiger partial charge is 0.325 e. The van der Waals surface area contributed by atoms with Crippen LogP contribution >= 0.6 is 23.4 Å². The van der Waals surface area contributed by atoms with Crippen LogP contribution in [0.4, 0.5) is 5.69 Å². The van der Waals surface area contributed by atoms with Crippen LogP contribution in [-0.4, -0.2) is 31.2 Å². The topological polar surface area (TPSA) is 92.2 Å². The zero-order valence-corrected chi connectivity index (χ0v) is 16.9. The molecule has 2 aromatic carbocycles. The van der Waals surface area contributed by atoms with Crippen molar-refractivity contribution in [3.8, 4) is 11.4 Å². The fourth-order valence-electron chi connectivity index (χ4n) is 2.76. The number of fused-ring (bicyclic) bond motifs is 1. The molecule has 0 spiro atoms. The summed E-state index contributed by atoms with van der Waals surface area (Å²) in [7, 11) is 0. The normalized spacial score (nSPS) is 11.0. The fraction of sp³-hybridized carbons (Fsp3) is 0.100. The van der Waals surface area contributed by atoms with Gasteiger partial charge >= 0.3 is 0 Å². The summed E-state index contributed by atoms with van der Waals surface area (Å²) in [5.74, 6) is 0.382. The molecule has 2 heterocycles. The van der Waals surface area contributed by atoms with Gasteiger partial charge in [-0.05, 0) is 24.6 Å². The predicted molar refractivity (Wildman–Crippen MR) is 115 cm³/mol. The van der Waals surface area contributed by atoms with Gasteiger partial charge in [-0.3, -0.25) is 14.7 Å². The van der Waals surface area contributed by atoms with Crippen LogP contribution in [0.1, 0.15) is 5.56 Å². The Kier molecular flexibility index (Phi) is 5.37. The molecule has 0 aliphatic rings. The van der Waals surface area contributed by atoms with Crippen LogP contribution in [0, 0.1) is 6.92 Å². The summed E-state index contributed by atoms with van der Waals surface area (Å²) in [4.78, 5) is 33.2. The number of nitrogens with zero attached hydrogens (tertiary/aromatic N) is 3. The molecule has 2 N–H and O–H groups in total. The minimum atomic E-state index is -0.287. The van der Waals surface area contributed by atoms with Gasteiger partial charge in [-0.2, -0.15) is 0 Å². The van der Waals surface area contributed by atoms with Crippen molar-refractivity contribution in [3.63, 3.8) is 0 Å². The lowest BCUT2D eigenvalue weighted by molar-refractivity contribution is -0.113. The first-order valence-electron chi connectivity index (χ1n) is 8.74. The second kappa shape index (κ2) is 8.10. The highest BCUT2D eigenvalue weighted by Crippen LogP contribution is 2.24. The molecular weight excluding hydrogens is 410 g/mol. The maximum Gasteiger partial charge on any atom is 0.266 e. The SMILES string of the molecule is Cc1c(Cl)cccc1NC(=O)CSc1nc(-c2ccccc2)nc2cc(=O)[nH]n12. The van der Waals surface area contributed by atoms with E-state index in [0.29, 0.717) is 27.3 Å². The summed E-state index contributed by atoms with van der Waals surface area (Å²) in [5, 5.41) is 6.57. The number of hydrogen-bond donors (Lipinski definition) is 2. The number of amides is 1. The lowest BCUT2D eigenvalue weighted by Gasteiger charge is -2.10. The molecule has 0 atom stereocenters. The Balaban J connectivity index is 1.59. The number of thioether (sulfide) groups is 1. The zero-order valence-electron chi connectivity index (χ0n) is 15.3. The van der Waals surface area contributed by atoms with Gasteiger partial charge in [0.2, 0.25) is 5.91 Å².